The van der Waals surface area contributed by atoms with Crippen molar-refractivity contribution in [1.29, 1.82) is 0 Å². The lowest BCUT2D eigenvalue weighted by Gasteiger charge is -2.01. The highest BCUT2D eigenvalue weighted by Crippen LogP contribution is 2.21. The molecule has 2 rings (SSSR count). The molecule has 2 heterocycles. The largest absolute Gasteiger partial charge is 0.325 e. The minimum atomic E-state index is 0.615. The third-order valence-corrected chi connectivity index (χ3v) is 3.52. The highest BCUT2D eigenvalue weighted by molar-refractivity contribution is 7.99. The number of thioether (sulfide) groups is 1. The van der Waals surface area contributed by atoms with E-state index in [4.69, 9.17) is 5.73 Å². The molecule has 13 heavy (non-hydrogen) atoms. The van der Waals surface area contributed by atoms with Crippen LogP contribution in [0.4, 0.5) is 0 Å². The van der Waals surface area contributed by atoms with Gasteiger partial charge in [0, 0.05) is 20.0 Å². The maximum absolute atomic E-state index is 5.70. The lowest BCUT2D eigenvalue weighted by atomic mass is 10.1. The van der Waals surface area contributed by atoms with E-state index in [9.17, 15) is 0 Å². The van der Waals surface area contributed by atoms with Crippen molar-refractivity contribution in [2.45, 2.75) is 19.4 Å². The Morgan fingerprint density at radius 3 is 3.00 bits per heavy atom. The summed E-state index contributed by atoms with van der Waals surface area (Å²) >= 11 is 2.01. The van der Waals surface area contributed by atoms with Gasteiger partial charge >= 0.3 is 0 Å². The Morgan fingerprint density at radius 2 is 2.23 bits per heavy atom. The van der Waals surface area contributed by atoms with Crippen LogP contribution in [-0.4, -0.2) is 21.3 Å². The van der Waals surface area contributed by atoms with Crippen LogP contribution < -0.4 is 5.73 Å². The van der Waals surface area contributed by atoms with E-state index in [1.54, 1.807) is 0 Å². The standard InChI is InChI=1S/C9H15N3S/c1-12-9(6-10)7-2-4-13-5-3-8(7)11-12/h2-6,10H2,1H3. The molecule has 0 unspecified atom stereocenters. The van der Waals surface area contributed by atoms with Crippen LogP contribution in [0.1, 0.15) is 17.0 Å². The number of rotatable bonds is 1. The van der Waals surface area contributed by atoms with E-state index >= 15 is 0 Å². The molecule has 1 aliphatic rings. The van der Waals surface area contributed by atoms with Crippen LogP contribution >= 0.6 is 11.8 Å². The smallest absolute Gasteiger partial charge is 0.0668 e. The van der Waals surface area contributed by atoms with Crippen molar-refractivity contribution in [2.75, 3.05) is 11.5 Å². The lowest BCUT2D eigenvalue weighted by Crippen LogP contribution is -2.07. The van der Waals surface area contributed by atoms with Gasteiger partial charge in [-0.3, -0.25) is 4.68 Å². The van der Waals surface area contributed by atoms with E-state index in [0.717, 1.165) is 12.8 Å². The third-order valence-electron chi connectivity index (χ3n) is 2.53. The van der Waals surface area contributed by atoms with Gasteiger partial charge in [0.1, 0.15) is 0 Å². The minimum Gasteiger partial charge on any atom is -0.325 e. The maximum Gasteiger partial charge on any atom is 0.0668 e. The zero-order valence-corrected chi connectivity index (χ0v) is 8.73. The van der Waals surface area contributed by atoms with Crippen LogP contribution in [0.15, 0.2) is 0 Å². The van der Waals surface area contributed by atoms with E-state index in [2.05, 4.69) is 5.10 Å². The lowest BCUT2D eigenvalue weighted by molar-refractivity contribution is 0.698. The molecule has 1 aliphatic heterocycles. The Hall–Kier alpha value is -0.480. The van der Waals surface area contributed by atoms with Crippen molar-refractivity contribution in [3.05, 3.63) is 17.0 Å². The monoisotopic (exact) mass is 197 g/mol. The molecule has 0 amide bonds. The summed E-state index contributed by atoms with van der Waals surface area (Å²) in [6.45, 7) is 0.615. The summed E-state index contributed by atoms with van der Waals surface area (Å²) in [4.78, 5) is 0. The zero-order valence-electron chi connectivity index (χ0n) is 7.92. The average molecular weight is 197 g/mol. The number of fused-ring (bicyclic) bond motifs is 1. The van der Waals surface area contributed by atoms with Crippen molar-refractivity contribution < 1.29 is 0 Å². The van der Waals surface area contributed by atoms with E-state index in [0.29, 0.717) is 6.54 Å². The summed E-state index contributed by atoms with van der Waals surface area (Å²) in [5, 5.41) is 4.51. The van der Waals surface area contributed by atoms with Crippen LogP contribution in [0.25, 0.3) is 0 Å². The number of nitrogens with two attached hydrogens (primary N) is 1. The van der Waals surface area contributed by atoms with Crippen molar-refractivity contribution >= 4 is 11.8 Å². The molecular formula is C9H15N3S. The molecule has 2 N–H and O–H groups in total. The Kier molecular flexibility index (Phi) is 2.60. The second-order valence-corrected chi connectivity index (χ2v) is 4.54. The molecule has 1 aromatic heterocycles. The van der Waals surface area contributed by atoms with E-state index in [1.165, 1.54) is 28.5 Å². The molecule has 0 fully saturated rings. The van der Waals surface area contributed by atoms with Crippen LogP contribution in [0, 0.1) is 0 Å². The molecule has 0 spiro atoms. The van der Waals surface area contributed by atoms with Gasteiger partial charge in [0.25, 0.3) is 0 Å². The number of hydrogen-bond acceptors (Lipinski definition) is 3. The fraction of sp³-hybridized carbons (Fsp3) is 0.667. The Labute approximate surface area is 82.7 Å². The SMILES string of the molecule is Cn1nc2c(c1CN)CCSCC2. The fourth-order valence-corrected chi connectivity index (χ4v) is 2.74. The molecule has 0 bridgehead atoms. The summed E-state index contributed by atoms with van der Waals surface area (Å²) in [7, 11) is 1.99. The summed E-state index contributed by atoms with van der Waals surface area (Å²) < 4.78 is 1.95. The minimum absolute atomic E-state index is 0.615. The van der Waals surface area contributed by atoms with Crippen molar-refractivity contribution in [3.63, 3.8) is 0 Å². The van der Waals surface area contributed by atoms with E-state index in [1.807, 2.05) is 23.5 Å². The van der Waals surface area contributed by atoms with Gasteiger partial charge in [-0.25, -0.2) is 0 Å². The predicted octanol–water partition coefficient (Wildman–Crippen LogP) is 0.711. The number of nitrogens with zero attached hydrogens (tertiary/aromatic N) is 2. The molecule has 72 valence electrons. The average Bonchev–Trinajstić information content (AvgIpc) is 2.32. The summed E-state index contributed by atoms with van der Waals surface area (Å²) in [6, 6.07) is 0. The number of aromatic nitrogens is 2. The summed E-state index contributed by atoms with van der Waals surface area (Å²) in [5.41, 5.74) is 9.61. The first-order chi connectivity index (χ1) is 6.33. The Balaban J connectivity index is 2.41. The molecule has 4 heteroatoms. The number of aryl methyl sites for hydroxylation is 2. The van der Waals surface area contributed by atoms with E-state index < -0.39 is 0 Å². The van der Waals surface area contributed by atoms with Crippen LogP contribution in [0.5, 0.6) is 0 Å². The molecule has 0 radical (unpaired) electrons. The van der Waals surface area contributed by atoms with Gasteiger partial charge in [0.2, 0.25) is 0 Å². The molecule has 0 atom stereocenters. The second kappa shape index (κ2) is 3.72. The van der Waals surface area contributed by atoms with Crippen LogP contribution in [0.2, 0.25) is 0 Å². The van der Waals surface area contributed by atoms with Gasteiger partial charge in [-0.2, -0.15) is 16.9 Å². The molecule has 3 nitrogen and oxygen atoms in total. The van der Waals surface area contributed by atoms with E-state index in [-0.39, 0.29) is 0 Å². The predicted molar refractivity (Wildman–Crippen MR) is 55.8 cm³/mol. The van der Waals surface area contributed by atoms with Gasteiger partial charge in [0.15, 0.2) is 0 Å². The highest BCUT2D eigenvalue weighted by Gasteiger charge is 2.16. The second-order valence-electron chi connectivity index (χ2n) is 3.31. The molecule has 1 aromatic rings. The first-order valence-electron chi connectivity index (χ1n) is 4.64. The summed E-state index contributed by atoms with van der Waals surface area (Å²) in [5.74, 6) is 2.42. The van der Waals surface area contributed by atoms with Gasteiger partial charge in [-0.1, -0.05) is 0 Å². The number of hydrogen-bond donors (Lipinski definition) is 1. The van der Waals surface area contributed by atoms with Gasteiger partial charge in [0.05, 0.1) is 11.4 Å². The quantitative estimate of drug-likeness (QED) is 0.721. The maximum atomic E-state index is 5.70. The first kappa shape index (κ1) is 9.09. The Bertz CT molecular complexity index is 306. The van der Waals surface area contributed by atoms with Gasteiger partial charge < -0.3 is 5.73 Å². The first-order valence-corrected chi connectivity index (χ1v) is 5.80. The fourth-order valence-electron chi connectivity index (χ4n) is 1.85. The third kappa shape index (κ3) is 1.60. The van der Waals surface area contributed by atoms with Gasteiger partial charge in [-0.05, 0) is 23.5 Å². The van der Waals surface area contributed by atoms with Crippen molar-refractivity contribution in [2.24, 2.45) is 12.8 Å². The summed E-state index contributed by atoms with van der Waals surface area (Å²) in [6.07, 6.45) is 2.24. The van der Waals surface area contributed by atoms with Crippen LogP contribution in [0.3, 0.4) is 0 Å². The van der Waals surface area contributed by atoms with Gasteiger partial charge in [-0.15, -0.1) is 0 Å². The van der Waals surface area contributed by atoms with Crippen molar-refractivity contribution in [1.82, 2.24) is 9.78 Å². The Morgan fingerprint density at radius 1 is 1.46 bits per heavy atom. The molecule has 0 saturated heterocycles. The molecular weight excluding hydrogens is 182 g/mol. The molecule has 0 saturated carbocycles. The normalized spacial score (nSPS) is 16.8. The zero-order chi connectivity index (χ0) is 9.26. The molecule has 0 aromatic carbocycles. The van der Waals surface area contributed by atoms with Crippen LogP contribution in [-0.2, 0) is 26.4 Å². The molecule has 0 aliphatic carbocycles. The highest BCUT2D eigenvalue weighted by atomic mass is 32.2. The van der Waals surface area contributed by atoms with Crippen molar-refractivity contribution in [3.8, 4) is 0 Å². The topological polar surface area (TPSA) is 43.8 Å².